The summed E-state index contributed by atoms with van der Waals surface area (Å²) in [4.78, 5) is 29.8. The first kappa shape index (κ1) is 14.5. The lowest BCUT2D eigenvalue weighted by Crippen LogP contribution is -2.40. The number of carboxylic acids is 1. The Bertz CT molecular complexity index is 726. The summed E-state index contributed by atoms with van der Waals surface area (Å²) in [6.45, 7) is 0.628. The molecule has 1 amide bonds. The number of hydrogen-bond acceptors (Lipinski definition) is 4. The van der Waals surface area contributed by atoms with Crippen LogP contribution in [0.5, 0.6) is 0 Å². The number of nitrogens with zero attached hydrogens (tertiary/aromatic N) is 3. The Hall–Kier alpha value is -2.41. The van der Waals surface area contributed by atoms with Crippen LogP contribution < -0.4 is 0 Å². The van der Waals surface area contributed by atoms with Crippen LogP contribution in [0.25, 0.3) is 5.52 Å². The summed E-state index contributed by atoms with van der Waals surface area (Å²) in [6, 6.07) is 5.46. The van der Waals surface area contributed by atoms with Crippen LogP contribution in [0.4, 0.5) is 0 Å². The lowest BCUT2D eigenvalue weighted by atomic mass is 9.88. The number of fused-ring (bicyclic) bond motifs is 1. The summed E-state index contributed by atoms with van der Waals surface area (Å²) >= 11 is 0. The van der Waals surface area contributed by atoms with Gasteiger partial charge in [0.15, 0.2) is 0 Å². The highest BCUT2D eigenvalue weighted by atomic mass is 16.5. The van der Waals surface area contributed by atoms with Crippen LogP contribution in [0.3, 0.4) is 0 Å². The van der Waals surface area contributed by atoms with Crippen LogP contribution in [-0.4, -0.2) is 58.1 Å². The van der Waals surface area contributed by atoms with Gasteiger partial charge < -0.3 is 19.1 Å². The van der Waals surface area contributed by atoms with E-state index in [1.807, 2.05) is 22.7 Å². The average Bonchev–Trinajstić information content (AvgIpc) is 3.13. The van der Waals surface area contributed by atoms with E-state index in [2.05, 4.69) is 4.98 Å². The molecular formula is C15H17N3O4. The molecule has 2 aromatic heterocycles. The number of carbonyl (C=O) groups is 2. The molecule has 22 heavy (non-hydrogen) atoms. The maximum Gasteiger partial charge on any atom is 0.313 e. The van der Waals surface area contributed by atoms with Crippen molar-refractivity contribution in [2.24, 2.45) is 5.41 Å². The zero-order valence-electron chi connectivity index (χ0n) is 12.2. The van der Waals surface area contributed by atoms with Gasteiger partial charge in [0.05, 0.1) is 12.9 Å². The van der Waals surface area contributed by atoms with Gasteiger partial charge in [-0.05, 0) is 24.6 Å². The first-order chi connectivity index (χ1) is 10.6. The highest BCUT2D eigenvalue weighted by molar-refractivity contribution is 5.94. The van der Waals surface area contributed by atoms with Crippen LogP contribution >= 0.6 is 0 Å². The molecule has 116 valence electrons. The molecule has 0 bridgehead atoms. The third-order valence-corrected chi connectivity index (χ3v) is 4.15. The molecule has 2 aromatic rings. The van der Waals surface area contributed by atoms with Crippen molar-refractivity contribution in [1.82, 2.24) is 14.3 Å². The smallest absolute Gasteiger partial charge is 0.313 e. The molecule has 7 nitrogen and oxygen atoms in total. The topological polar surface area (TPSA) is 84.1 Å². The van der Waals surface area contributed by atoms with Crippen molar-refractivity contribution in [3.05, 3.63) is 36.4 Å². The van der Waals surface area contributed by atoms with Crippen LogP contribution in [0.15, 0.2) is 30.7 Å². The van der Waals surface area contributed by atoms with Crippen molar-refractivity contribution < 1.29 is 19.4 Å². The molecule has 1 fully saturated rings. The van der Waals surface area contributed by atoms with Gasteiger partial charge in [0.1, 0.15) is 11.1 Å². The molecule has 7 heteroatoms. The Morgan fingerprint density at radius 2 is 2.32 bits per heavy atom. The number of aromatic nitrogens is 2. The van der Waals surface area contributed by atoms with E-state index in [1.54, 1.807) is 12.4 Å². The van der Waals surface area contributed by atoms with E-state index in [9.17, 15) is 14.7 Å². The third kappa shape index (κ3) is 2.33. The van der Waals surface area contributed by atoms with E-state index in [0.29, 0.717) is 18.7 Å². The zero-order chi connectivity index (χ0) is 15.7. The largest absolute Gasteiger partial charge is 0.481 e. The fraction of sp³-hybridized carbons (Fsp3) is 0.400. The summed E-state index contributed by atoms with van der Waals surface area (Å²) in [6.07, 6.45) is 3.81. The Kier molecular flexibility index (Phi) is 3.58. The van der Waals surface area contributed by atoms with E-state index in [-0.39, 0.29) is 19.1 Å². The molecular weight excluding hydrogens is 286 g/mol. The minimum absolute atomic E-state index is 0.0945. The van der Waals surface area contributed by atoms with Crippen LogP contribution in [-0.2, 0) is 9.53 Å². The lowest BCUT2D eigenvalue weighted by molar-refractivity contribution is -0.151. The number of hydrogen-bond donors (Lipinski definition) is 1. The molecule has 0 radical (unpaired) electrons. The maximum atomic E-state index is 12.5. The molecule has 1 aliphatic rings. The fourth-order valence-corrected chi connectivity index (χ4v) is 2.89. The van der Waals surface area contributed by atoms with Gasteiger partial charge in [0.2, 0.25) is 0 Å². The standard InChI is InChI=1S/C15H17N3O4/c1-22-9-15(14(20)21)4-6-17(8-15)13(19)12-7-11-3-2-5-18(11)10-16-12/h2-3,5,7,10H,4,6,8-9H2,1H3,(H,20,21). The minimum Gasteiger partial charge on any atom is -0.481 e. The molecule has 1 atom stereocenters. The van der Waals surface area contributed by atoms with Crippen LogP contribution in [0.1, 0.15) is 16.9 Å². The quantitative estimate of drug-likeness (QED) is 0.907. The Morgan fingerprint density at radius 1 is 1.50 bits per heavy atom. The molecule has 0 saturated carbocycles. The maximum absolute atomic E-state index is 12.5. The second-order valence-corrected chi connectivity index (χ2v) is 5.61. The number of methoxy groups -OCH3 is 1. The summed E-state index contributed by atoms with van der Waals surface area (Å²) in [5.74, 6) is -1.18. The summed E-state index contributed by atoms with van der Waals surface area (Å²) in [5.41, 5.74) is 0.174. The molecule has 3 rings (SSSR count). The van der Waals surface area contributed by atoms with E-state index in [1.165, 1.54) is 12.0 Å². The number of aliphatic carboxylic acids is 1. The molecule has 1 aliphatic heterocycles. The first-order valence-corrected chi connectivity index (χ1v) is 7.00. The number of ether oxygens (including phenoxy) is 1. The van der Waals surface area contributed by atoms with Gasteiger partial charge in [0.25, 0.3) is 5.91 Å². The van der Waals surface area contributed by atoms with Crippen molar-refractivity contribution in [2.75, 3.05) is 26.8 Å². The Labute approximate surface area is 127 Å². The predicted octanol–water partition coefficient (Wildman–Crippen LogP) is 0.898. The van der Waals surface area contributed by atoms with Crippen LogP contribution in [0, 0.1) is 5.41 Å². The van der Waals surface area contributed by atoms with Crippen molar-refractivity contribution in [1.29, 1.82) is 0 Å². The predicted molar refractivity (Wildman–Crippen MR) is 77.7 cm³/mol. The molecule has 0 spiro atoms. The van der Waals surface area contributed by atoms with Gasteiger partial charge in [-0.15, -0.1) is 0 Å². The summed E-state index contributed by atoms with van der Waals surface area (Å²) in [7, 11) is 1.47. The lowest BCUT2D eigenvalue weighted by Gasteiger charge is -2.23. The van der Waals surface area contributed by atoms with E-state index < -0.39 is 11.4 Å². The number of rotatable bonds is 4. The zero-order valence-corrected chi connectivity index (χ0v) is 12.2. The van der Waals surface area contributed by atoms with Crippen molar-refractivity contribution in [3.63, 3.8) is 0 Å². The molecule has 1 unspecified atom stereocenters. The van der Waals surface area contributed by atoms with Gasteiger partial charge in [-0.3, -0.25) is 9.59 Å². The van der Waals surface area contributed by atoms with E-state index >= 15 is 0 Å². The van der Waals surface area contributed by atoms with Crippen molar-refractivity contribution in [3.8, 4) is 0 Å². The normalized spacial score (nSPS) is 21.4. The molecule has 1 saturated heterocycles. The van der Waals surface area contributed by atoms with Crippen molar-refractivity contribution >= 4 is 17.4 Å². The highest BCUT2D eigenvalue weighted by Gasteiger charge is 2.46. The SMILES string of the molecule is COCC1(C(=O)O)CCN(C(=O)c2cc3cccn3cn2)C1. The average molecular weight is 303 g/mol. The van der Waals surface area contributed by atoms with Gasteiger partial charge in [-0.25, -0.2) is 4.98 Å². The summed E-state index contributed by atoms with van der Waals surface area (Å²) in [5, 5.41) is 9.44. The van der Waals surface area contributed by atoms with Gasteiger partial charge in [-0.1, -0.05) is 0 Å². The monoisotopic (exact) mass is 303 g/mol. The van der Waals surface area contributed by atoms with Crippen molar-refractivity contribution in [2.45, 2.75) is 6.42 Å². The van der Waals surface area contributed by atoms with Crippen LogP contribution in [0.2, 0.25) is 0 Å². The molecule has 0 aromatic carbocycles. The number of carbonyl (C=O) groups excluding carboxylic acids is 1. The number of likely N-dealkylation sites (tertiary alicyclic amines) is 1. The Balaban J connectivity index is 1.82. The highest BCUT2D eigenvalue weighted by Crippen LogP contribution is 2.32. The minimum atomic E-state index is -1.02. The first-order valence-electron chi connectivity index (χ1n) is 7.00. The van der Waals surface area contributed by atoms with Gasteiger partial charge in [-0.2, -0.15) is 0 Å². The fourth-order valence-electron chi connectivity index (χ4n) is 2.89. The van der Waals surface area contributed by atoms with Gasteiger partial charge >= 0.3 is 5.97 Å². The molecule has 1 N–H and O–H groups in total. The molecule has 0 aliphatic carbocycles. The second kappa shape index (κ2) is 5.42. The number of carboxylic acid groups (broad SMARTS) is 1. The third-order valence-electron chi connectivity index (χ3n) is 4.15. The van der Waals surface area contributed by atoms with E-state index in [0.717, 1.165) is 5.52 Å². The summed E-state index contributed by atoms with van der Waals surface area (Å²) < 4.78 is 6.85. The molecule has 3 heterocycles. The second-order valence-electron chi connectivity index (χ2n) is 5.61. The number of amides is 1. The van der Waals surface area contributed by atoms with Gasteiger partial charge in [0, 0.05) is 31.9 Å². The Morgan fingerprint density at radius 3 is 3.05 bits per heavy atom. The van der Waals surface area contributed by atoms with E-state index in [4.69, 9.17) is 4.74 Å².